The number of anilines is 2. The Kier molecular flexibility index (Phi) is 6.32. The van der Waals surface area contributed by atoms with E-state index >= 15 is 0 Å². The molecule has 1 amide bonds. The van der Waals surface area contributed by atoms with Crippen LogP contribution in [0, 0.1) is 0 Å². The van der Waals surface area contributed by atoms with Crippen molar-refractivity contribution in [2.75, 3.05) is 42.5 Å². The molecule has 4 rings (SSSR count). The average Bonchev–Trinajstić information content (AvgIpc) is 2.77. The number of carbonyl (C=O) groups is 1. The summed E-state index contributed by atoms with van der Waals surface area (Å²) in [6, 6.07) is 12.6. The fourth-order valence-electron chi connectivity index (χ4n) is 4.35. The van der Waals surface area contributed by atoms with Gasteiger partial charge in [0, 0.05) is 54.0 Å². The first-order valence-corrected chi connectivity index (χ1v) is 11.7. The zero-order valence-electron chi connectivity index (χ0n) is 16.9. The first-order chi connectivity index (χ1) is 14.4. The number of aryl methyl sites for hydroxylation is 1. The molecule has 30 heavy (non-hydrogen) atoms. The molecule has 1 saturated heterocycles. The zero-order chi connectivity index (χ0) is 21.3. The molecule has 0 aromatic heterocycles. The molecule has 2 unspecified atom stereocenters. The largest absolute Gasteiger partial charge is 0.768 e. The van der Waals surface area contributed by atoms with Gasteiger partial charge >= 0.3 is 0 Å². The summed E-state index contributed by atoms with van der Waals surface area (Å²) < 4.78 is 22.1. The number of nitrogens with zero attached hydrogens (tertiary/aromatic N) is 3. The molecule has 8 heteroatoms. The number of rotatable bonds is 4. The molecule has 0 radical (unpaired) electrons. The zero-order valence-corrected chi connectivity index (χ0v) is 18.5. The molecule has 0 aliphatic carbocycles. The Morgan fingerprint density at radius 1 is 1.07 bits per heavy atom. The number of fused-ring (bicyclic) bond motifs is 1. The third kappa shape index (κ3) is 4.33. The average molecular weight is 447 g/mol. The molecule has 160 valence electrons. The first kappa shape index (κ1) is 21.2. The van der Waals surface area contributed by atoms with Crippen LogP contribution in [0.4, 0.5) is 11.4 Å². The second-order valence-corrected chi connectivity index (χ2v) is 9.16. The smallest absolute Gasteiger partial charge is 0.245 e. The van der Waals surface area contributed by atoms with Crippen LogP contribution in [0.1, 0.15) is 18.9 Å². The van der Waals surface area contributed by atoms with E-state index in [0.717, 1.165) is 48.9 Å². The van der Waals surface area contributed by atoms with Gasteiger partial charge in [0.15, 0.2) is 0 Å². The molecular formula is C22H25ClN3O3S-. The van der Waals surface area contributed by atoms with Gasteiger partial charge in [0.05, 0.1) is 0 Å². The molecule has 6 nitrogen and oxygen atoms in total. The first-order valence-electron chi connectivity index (χ1n) is 10.2. The Balaban J connectivity index is 1.39. The van der Waals surface area contributed by atoms with Crippen molar-refractivity contribution in [3.8, 4) is 0 Å². The molecular weight excluding hydrogens is 422 g/mol. The van der Waals surface area contributed by atoms with Gasteiger partial charge in [-0.1, -0.05) is 11.6 Å². The number of benzene rings is 2. The van der Waals surface area contributed by atoms with Gasteiger partial charge < -0.3 is 19.3 Å². The maximum Gasteiger partial charge on any atom is 0.245 e. The van der Waals surface area contributed by atoms with Crippen molar-refractivity contribution in [2.24, 2.45) is 0 Å². The van der Waals surface area contributed by atoms with Crippen molar-refractivity contribution >= 4 is 40.0 Å². The van der Waals surface area contributed by atoms with Crippen LogP contribution in [-0.4, -0.2) is 58.3 Å². The summed E-state index contributed by atoms with van der Waals surface area (Å²) in [6.45, 7) is 5.61. The standard InChI is InChI=1S/C22H26ClN3O3S/c1-16(26-10-2-3-17-15-18(23)4-9-21(17)26)22(27)25-13-11-24(12-14-25)19-5-7-20(8-6-19)30(28)29/h4-9,15-16H,2-3,10-14H2,1H3,(H,28,29)/p-1. The third-order valence-electron chi connectivity index (χ3n) is 6.01. The predicted molar refractivity (Wildman–Crippen MR) is 119 cm³/mol. The summed E-state index contributed by atoms with van der Waals surface area (Å²) in [5.41, 5.74) is 3.30. The number of carbonyl (C=O) groups excluding carboxylic acids is 1. The van der Waals surface area contributed by atoms with Gasteiger partial charge in [-0.2, -0.15) is 0 Å². The van der Waals surface area contributed by atoms with Gasteiger partial charge in [-0.3, -0.25) is 9.00 Å². The highest BCUT2D eigenvalue weighted by Crippen LogP contribution is 2.31. The van der Waals surface area contributed by atoms with Crippen LogP contribution in [-0.2, 0) is 22.3 Å². The second-order valence-electron chi connectivity index (χ2n) is 7.79. The van der Waals surface area contributed by atoms with E-state index in [1.165, 1.54) is 5.56 Å². The summed E-state index contributed by atoms with van der Waals surface area (Å²) in [6.07, 6.45) is 2.01. The van der Waals surface area contributed by atoms with Crippen LogP contribution in [0.15, 0.2) is 47.4 Å². The summed E-state index contributed by atoms with van der Waals surface area (Å²) in [5.74, 6) is 0.148. The highest BCUT2D eigenvalue weighted by molar-refractivity contribution is 7.79. The minimum atomic E-state index is -2.21. The lowest BCUT2D eigenvalue weighted by atomic mass is 10.00. The van der Waals surface area contributed by atoms with E-state index in [4.69, 9.17) is 11.6 Å². The van der Waals surface area contributed by atoms with Gasteiger partial charge in [0.25, 0.3) is 0 Å². The Bertz CT molecular complexity index is 945. The van der Waals surface area contributed by atoms with E-state index in [1.54, 1.807) is 12.1 Å². The quantitative estimate of drug-likeness (QED) is 0.675. The van der Waals surface area contributed by atoms with Crippen LogP contribution >= 0.6 is 11.6 Å². The predicted octanol–water partition coefficient (Wildman–Crippen LogP) is 3.07. The van der Waals surface area contributed by atoms with E-state index in [2.05, 4.69) is 9.80 Å². The molecule has 2 aromatic rings. The molecule has 0 N–H and O–H groups in total. The molecule has 2 aromatic carbocycles. The van der Waals surface area contributed by atoms with Crippen molar-refractivity contribution in [1.29, 1.82) is 0 Å². The number of hydrogen-bond donors (Lipinski definition) is 0. The Hall–Kier alpha value is -2.09. The van der Waals surface area contributed by atoms with Crippen LogP contribution in [0.2, 0.25) is 5.02 Å². The molecule has 2 aliphatic heterocycles. The Morgan fingerprint density at radius 2 is 1.77 bits per heavy atom. The summed E-state index contributed by atoms with van der Waals surface area (Å²) in [5, 5.41) is 0.736. The normalized spacial score (nSPS) is 18.7. The van der Waals surface area contributed by atoms with Gasteiger partial charge in [-0.15, -0.1) is 0 Å². The van der Waals surface area contributed by atoms with Crippen LogP contribution in [0.3, 0.4) is 0 Å². The highest BCUT2D eigenvalue weighted by Gasteiger charge is 2.31. The third-order valence-corrected chi connectivity index (χ3v) is 6.90. The van der Waals surface area contributed by atoms with Crippen molar-refractivity contribution in [3.05, 3.63) is 53.1 Å². The van der Waals surface area contributed by atoms with E-state index in [-0.39, 0.29) is 16.8 Å². The number of amides is 1. The maximum absolute atomic E-state index is 13.2. The lowest BCUT2D eigenvalue weighted by Crippen LogP contribution is -2.55. The number of piperazine rings is 1. The van der Waals surface area contributed by atoms with Crippen LogP contribution in [0.25, 0.3) is 0 Å². The Morgan fingerprint density at radius 3 is 2.43 bits per heavy atom. The monoisotopic (exact) mass is 446 g/mol. The fraction of sp³-hybridized carbons (Fsp3) is 0.409. The van der Waals surface area contributed by atoms with Gasteiger partial charge in [-0.25, -0.2) is 0 Å². The lowest BCUT2D eigenvalue weighted by Gasteiger charge is -2.41. The summed E-state index contributed by atoms with van der Waals surface area (Å²) in [4.78, 5) is 19.8. The number of hydrogen-bond acceptors (Lipinski definition) is 5. The molecule has 2 heterocycles. The van der Waals surface area contributed by atoms with E-state index < -0.39 is 11.1 Å². The molecule has 2 aliphatic rings. The second kappa shape index (κ2) is 8.96. The van der Waals surface area contributed by atoms with Gasteiger partial charge in [0.1, 0.15) is 6.04 Å². The molecule has 2 atom stereocenters. The Labute approximate surface area is 184 Å². The van der Waals surface area contributed by atoms with Crippen molar-refractivity contribution in [3.63, 3.8) is 0 Å². The molecule has 1 fully saturated rings. The molecule has 0 saturated carbocycles. The van der Waals surface area contributed by atoms with Crippen LogP contribution in [0.5, 0.6) is 0 Å². The molecule has 0 bridgehead atoms. The lowest BCUT2D eigenvalue weighted by molar-refractivity contribution is -0.132. The SMILES string of the molecule is CC(C(=O)N1CCN(c2ccc(S(=O)[O-])cc2)CC1)N1CCCc2cc(Cl)ccc21. The van der Waals surface area contributed by atoms with Gasteiger partial charge in [0.2, 0.25) is 5.91 Å². The van der Waals surface area contributed by atoms with Crippen molar-refractivity contribution in [2.45, 2.75) is 30.7 Å². The van der Waals surface area contributed by atoms with Crippen molar-refractivity contribution in [1.82, 2.24) is 4.90 Å². The topological polar surface area (TPSA) is 66.9 Å². The summed E-state index contributed by atoms with van der Waals surface area (Å²) in [7, 11) is 0. The summed E-state index contributed by atoms with van der Waals surface area (Å²) >= 11 is 3.93. The number of halogens is 1. The van der Waals surface area contributed by atoms with Crippen LogP contribution < -0.4 is 9.80 Å². The van der Waals surface area contributed by atoms with E-state index in [1.807, 2.05) is 42.2 Å². The van der Waals surface area contributed by atoms with Gasteiger partial charge in [-0.05, 0) is 78.9 Å². The highest BCUT2D eigenvalue weighted by atomic mass is 35.5. The minimum Gasteiger partial charge on any atom is -0.768 e. The van der Waals surface area contributed by atoms with Crippen molar-refractivity contribution < 1.29 is 13.6 Å². The fourth-order valence-corrected chi connectivity index (χ4v) is 4.90. The van der Waals surface area contributed by atoms with E-state index in [9.17, 15) is 13.6 Å². The molecule has 0 spiro atoms. The maximum atomic E-state index is 13.2. The minimum absolute atomic E-state index is 0.148. The van der Waals surface area contributed by atoms with E-state index in [0.29, 0.717) is 13.1 Å².